The fourth-order valence-electron chi connectivity index (χ4n) is 1.21. The first-order valence-electron chi connectivity index (χ1n) is 5.28. The highest BCUT2D eigenvalue weighted by atomic mass is 79.9. The minimum Gasteiger partial charge on any atom is -0.351 e. The van der Waals surface area contributed by atoms with Gasteiger partial charge in [-0.3, -0.25) is 4.79 Å². The first kappa shape index (κ1) is 14.5. The Morgan fingerprint density at radius 3 is 2.65 bits per heavy atom. The Labute approximate surface area is 114 Å². The lowest BCUT2D eigenvalue weighted by molar-refractivity contribution is 0.0952. The molecule has 2 nitrogen and oxygen atoms in total. The number of halogens is 3. The fraction of sp³-hybridized carbons (Fsp3) is 0.417. The maximum atomic E-state index is 13.1. The third-order valence-electron chi connectivity index (χ3n) is 2.31. The number of rotatable bonds is 4. The highest BCUT2D eigenvalue weighted by molar-refractivity contribution is 9.10. The molecule has 1 N–H and O–H groups in total. The normalized spacial score (nSPS) is 12.6. The van der Waals surface area contributed by atoms with E-state index in [0.29, 0.717) is 11.0 Å². The van der Waals surface area contributed by atoms with Crippen molar-refractivity contribution in [2.75, 3.05) is 6.54 Å². The molecular weight excluding hydrogens is 308 g/mol. The number of nitrogens with one attached hydrogen (secondary N) is 1. The maximum absolute atomic E-state index is 13.1. The van der Waals surface area contributed by atoms with Crippen molar-refractivity contribution in [3.8, 4) is 0 Å². The summed E-state index contributed by atoms with van der Waals surface area (Å²) in [7, 11) is 0. The topological polar surface area (TPSA) is 29.1 Å². The molecule has 0 aliphatic heterocycles. The van der Waals surface area contributed by atoms with Crippen molar-refractivity contribution < 1.29 is 9.18 Å². The van der Waals surface area contributed by atoms with Crippen molar-refractivity contribution in [3.63, 3.8) is 0 Å². The van der Waals surface area contributed by atoms with E-state index in [4.69, 9.17) is 11.6 Å². The van der Waals surface area contributed by atoms with Gasteiger partial charge in [0, 0.05) is 16.6 Å². The Balaban J connectivity index is 2.64. The molecule has 1 rings (SSSR count). The molecule has 0 aliphatic carbocycles. The highest BCUT2D eigenvalue weighted by Gasteiger charge is 2.13. The lowest BCUT2D eigenvalue weighted by Crippen LogP contribution is -2.32. The Bertz CT molecular complexity index is 391. The van der Waals surface area contributed by atoms with Gasteiger partial charge in [-0.2, -0.15) is 0 Å². The van der Waals surface area contributed by atoms with Crippen molar-refractivity contribution >= 4 is 33.4 Å². The molecule has 0 saturated carbocycles. The van der Waals surface area contributed by atoms with Crippen LogP contribution in [0, 0.1) is 11.7 Å². The van der Waals surface area contributed by atoms with Gasteiger partial charge in [0.1, 0.15) is 5.82 Å². The number of hydrogen-bond donors (Lipinski definition) is 1. The fourth-order valence-corrected chi connectivity index (χ4v) is 1.76. The molecule has 0 radical (unpaired) electrons. The summed E-state index contributed by atoms with van der Waals surface area (Å²) in [5.74, 6) is -0.497. The first-order chi connectivity index (χ1) is 7.90. The molecule has 0 aliphatic rings. The van der Waals surface area contributed by atoms with Crippen molar-refractivity contribution in [2.24, 2.45) is 5.92 Å². The second-order valence-corrected chi connectivity index (χ2v) is 5.60. The minimum atomic E-state index is -0.448. The second-order valence-electron chi connectivity index (χ2n) is 4.13. The highest BCUT2D eigenvalue weighted by Crippen LogP contribution is 2.15. The van der Waals surface area contributed by atoms with Crippen LogP contribution < -0.4 is 5.32 Å². The molecule has 0 heterocycles. The second kappa shape index (κ2) is 6.36. The number of carbonyl (C=O) groups is 1. The van der Waals surface area contributed by atoms with Gasteiger partial charge in [-0.25, -0.2) is 4.39 Å². The third-order valence-corrected chi connectivity index (χ3v) is 3.42. The summed E-state index contributed by atoms with van der Waals surface area (Å²) in [6.45, 7) is 4.32. The monoisotopic (exact) mass is 321 g/mol. The van der Waals surface area contributed by atoms with E-state index in [9.17, 15) is 9.18 Å². The molecule has 17 heavy (non-hydrogen) atoms. The van der Waals surface area contributed by atoms with Crippen LogP contribution in [0.5, 0.6) is 0 Å². The van der Waals surface area contributed by atoms with Crippen LogP contribution in [0.2, 0.25) is 0 Å². The Hall–Kier alpha value is -0.610. The molecular formula is C12H14BrClFNO. The van der Waals surface area contributed by atoms with Crippen molar-refractivity contribution in [2.45, 2.75) is 19.2 Å². The van der Waals surface area contributed by atoms with Gasteiger partial charge in [0.05, 0.1) is 5.38 Å². The molecule has 0 fully saturated rings. The minimum absolute atomic E-state index is 0.129. The smallest absolute Gasteiger partial charge is 0.251 e. The van der Waals surface area contributed by atoms with Crippen LogP contribution in [0.4, 0.5) is 4.39 Å². The number of hydrogen-bond acceptors (Lipinski definition) is 1. The molecule has 0 spiro atoms. The van der Waals surface area contributed by atoms with Gasteiger partial charge in [0.15, 0.2) is 0 Å². The van der Waals surface area contributed by atoms with E-state index in [1.807, 2.05) is 13.8 Å². The van der Waals surface area contributed by atoms with E-state index in [0.717, 1.165) is 0 Å². The van der Waals surface area contributed by atoms with Crippen LogP contribution in [0.3, 0.4) is 0 Å². The number of alkyl halides is 1. The average Bonchev–Trinajstić information content (AvgIpc) is 2.23. The van der Waals surface area contributed by atoms with Gasteiger partial charge >= 0.3 is 0 Å². The van der Waals surface area contributed by atoms with Crippen LogP contribution in [-0.4, -0.2) is 17.8 Å². The molecule has 5 heteroatoms. The Kier molecular flexibility index (Phi) is 5.40. The van der Waals surface area contributed by atoms with E-state index in [1.54, 1.807) is 6.07 Å². The largest absolute Gasteiger partial charge is 0.351 e. The van der Waals surface area contributed by atoms with Gasteiger partial charge in [0.2, 0.25) is 0 Å². The summed E-state index contributed by atoms with van der Waals surface area (Å²) in [5.41, 5.74) is 0.282. The van der Waals surface area contributed by atoms with Crippen LogP contribution in [0.1, 0.15) is 24.2 Å². The lowest BCUT2D eigenvalue weighted by atomic mass is 10.1. The summed E-state index contributed by atoms with van der Waals surface area (Å²) >= 11 is 9.15. The molecule has 0 aromatic heterocycles. The SMILES string of the molecule is CC(C)C(Cl)CNC(=O)c1cc(F)cc(Br)c1. The zero-order valence-corrected chi connectivity index (χ0v) is 12.0. The zero-order chi connectivity index (χ0) is 13.0. The summed E-state index contributed by atoms with van der Waals surface area (Å²) in [5, 5.41) is 2.55. The van der Waals surface area contributed by atoms with E-state index < -0.39 is 5.82 Å². The van der Waals surface area contributed by atoms with E-state index >= 15 is 0 Å². The Morgan fingerprint density at radius 1 is 1.47 bits per heavy atom. The van der Waals surface area contributed by atoms with Crippen molar-refractivity contribution in [1.82, 2.24) is 5.32 Å². The first-order valence-corrected chi connectivity index (χ1v) is 6.51. The average molecular weight is 323 g/mol. The molecule has 0 saturated heterocycles. The molecule has 1 atom stereocenters. The molecule has 94 valence electrons. The summed E-state index contributed by atoms with van der Waals surface area (Å²) in [6, 6.07) is 4.06. The molecule has 0 bridgehead atoms. The lowest BCUT2D eigenvalue weighted by Gasteiger charge is -2.14. The standard InChI is InChI=1S/C12H14BrClFNO/c1-7(2)11(14)6-16-12(17)8-3-9(13)5-10(15)4-8/h3-5,7,11H,6H2,1-2H3,(H,16,17). The maximum Gasteiger partial charge on any atom is 0.251 e. The summed E-state index contributed by atoms with van der Waals surface area (Å²) in [6.07, 6.45) is 0. The van der Waals surface area contributed by atoms with Gasteiger partial charge in [0.25, 0.3) is 5.91 Å². The van der Waals surface area contributed by atoms with E-state index in [-0.39, 0.29) is 22.8 Å². The van der Waals surface area contributed by atoms with Crippen LogP contribution in [0.25, 0.3) is 0 Å². The molecule has 1 unspecified atom stereocenters. The van der Waals surface area contributed by atoms with E-state index in [2.05, 4.69) is 21.2 Å². The number of benzene rings is 1. The summed E-state index contributed by atoms with van der Waals surface area (Å²) in [4.78, 5) is 11.7. The number of amides is 1. The molecule has 1 aromatic rings. The predicted octanol–water partition coefficient (Wildman–Crippen LogP) is 3.58. The number of carbonyl (C=O) groups excluding carboxylic acids is 1. The van der Waals surface area contributed by atoms with Crippen LogP contribution in [-0.2, 0) is 0 Å². The van der Waals surface area contributed by atoms with Crippen LogP contribution >= 0.6 is 27.5 Å². The van der Waals surface area contributed by atoms with Gasteiger partial charge in [-0.15, -0.1) is 11.6 Å². The van der Waals surface area contributed by atoms with Crippen molar-refractivity contribution in [1.29, 1.82) is 0 Å². The van der Waals surface area contributed by atoms with E-state index in [1.165, 1.54) is 12.1 Å². The van der Waals surface area contributed by atoms with Gasteiger partial charge in [-0.05, 0) is 24.1 Å². The van der Waals surface area contributed by atoms with Gasteiger partial charge < -0.3 is 5.32 Å². The molecule has 1 aromatic carbocycles. The Morgan fingerprint density at radius 2 is 2.12 bits per heavy atom. The van der Waals surface area contributed by atoms with Crippen LogP contribution in [0.15, 0.2) is 22.7 Å². The molecule has 1 amide bonds. The summed E-state index contributed by atoms with van der Waals surface area (Å²) < 4.78 is 13.6. The quantitative estimate of drug-likeness (QED) is 0.844. The van der Waals surface area contributed by atoms with Gasteiger partial charge in [-0.1, -0.05) is 29.8 Å². The van der Waals surface area contributed by atoms with Crippen molar-refractivity contribution in [3.05, 3.63) is 34.1 Å². The zero-order valence-electron chi connectivity index (χ0n) is 9.64. The third kappa shape index (κ3) is 4.64. The predicted molar refractivity (Wildman–Crippen MR) is 70.9 cm³/mol.